The minimum absolute atomic E-state index is 0.00961. The van der Waals surface area contributed by atoms with Crippen molar-refractivity contribution in [1.82, 2.24) is 4.90 Å². The molecule has 0 bridgehead atoms. The highest BCUT2D eigenvalue weighted by Gasteiger charge is 2.30. The summed E-state index contributed by atoms with van der Waals surface area (Å²) in [6, 6.07) is 0. The van der Waals surface area contributed by atoms with Crippen molar-refractivity contribution in [2.24, 2.45) is 0 Å². The molecule has 3 N–H and O–H groups in total. The lowest BCUT2D eigenvalue weighted by atomic mass is 10.3. The van der Waals surface area contributed by atoms with E-state index in [1.54, 1.807) is 4.90 Å². The molecule has 1 heterocycles. The van der Waals surface area contributed by atoms with Crippen LogP contribution in [0.3, 0.4) is 0 Å². The number of aliphatic hydroxyl groups excluding tert-OH is 2. The van der Waals surface area contributed by atoms with Crippen molar-refractivity contribution in [3.05, 3.63) is 0 Å². The highest BCUT2D eigenvalue weighted by molar-refractivity contribution is 7.86. The molecular weight excluding hydrogens is 226 g/mol. The lowest BCUT2D eigenvalue weighted by Crippen LogP contribution is -2.46. The predicted octanol–water partition coefficient (Wildman–Crippen LogP) is -2.11. The predicted molar refractivity (Wildman–Crippen MR) is 50.8 cm³/mol. The SMILES string of the molecule is O=S(=O)(O)C(O)C(O)CN1CCOCC1. The normalized spacial score (nSPS) is 23.7. The van der Waals surface area contributed by atoms with Gasteiger partial charge in [-0.2, -0.15) is 8.42 Å². The smallest absolute Gasteiger partial charge is 0.294 e. The van der Waals surface area contributed by atoms with Crippen LogP contribution in [0.4, 0.5) is 0 Å². The Morgan fingerprint density at radius 2 is 1.80 bits per heavy atom. The number of aliphatic hydroxyl groups is 2. The zero-order chi connectivity index (χ0) is 11.5. The van der Waals surface area contributed by atoms with Crippen LogP contribution >= 0.6 is 0 Å². The number of hydrogen-bond acceptors (Lipinski definition) is 6. The number of rotatable bonds is 4. The van der Waals surface area contributed by atoms with Gasteiger partial charge < -0.3 is 14.9 Å². The van der Waals surface area contributed by atoms with Gasteiger partial charge in [0, 0.05) is 19.6 Å². The molecule has 2 atom stereocenters. The minimum atomic E-state index is -4.61. The van der Waals surface area contributed by atoms with E-state index in [-0.39, 0.29) is 6.54 Å². The number of morpholine rings is 1. The summed E-state index contributed by atoms with van der Waals surface area (Å²) >= 11 is 0. The molecule has 0 aromatic rings. The van der Waals surface area contributed by atoms with E-state index in [2.05, 4.69) is 0 Å². The van der Waals surface area contributed by atoms with Gasteiger partial charge in [-0.15, -0.1) is 0 Å². The van der Waals surface area contributed by atoms with Gasteiger partial charge in [0.05, 0.1) is 13.2 Å². The van der Waals surface area contributed by atoms with Crippen molar-refractivity contribution < 1.29 is 27.9 Å². The van der Waals surface area contributed by atoms with E-state index in [1.165, 1.54) is 0 Å². The van der Waals surface area contributed by atoms with E-state index >= 15 is 0 Å². The molecule has 1 aliphatic heterocycles. The van der Waals surface area contributed by atoms with Crippen LogP contribution < -0.4 is 0 Å². The minimum Gasteiger partial charge on any atom is -0.388 e. The molecule has 1 aliphatic rings. The second kappa shape index (κ2) is 5.19. The Morgan fingerprint density at radius 1 is 1.27 bits per heavy atom. The summed E-state index contributed by atoms with van der Waals surface area (Å²) < 4.78 is 34.6. The second-order valence-corrected chi connectivity index (χ2v) is 4.90. The quantitative estimate of drug-likeness (QED) is 0.483. The molecule has 1 saturated heterocycles. The molecule has 8 heteroatoms. The zero-order valence-corrected chi connectivity index (χ0v) is 8.93. The molecule has 0 radical (unpaired) electrons. The van der Waals surface area contributed by atoms with Crippen molar-refractivity contribution in [1.29, 1.82) is 0 Å². The molecule has 0 aliphatic carbocycles. The Balaban J connectivity index is 2.43. The molecule has 7 nitrogen and oxygen atoms in total. The van der Waals surface area contributed by atoms with E-state index in [0.717, 1.165) is 0 Å². The summed E-state index contributed by atoms with van der Waals surface area (Å²) in [6.07, 6.45) is -1.52. The Bertz CT molecular complexity index is 286. The maximum atomic E-state index is 10.5. The van der Waals surface area contributed by atoms with Gasteiger partial charge in [0.1, 0.15) is 6.10 Å². The number of nitrogens with zero attached hydrogens (tertiary/aromatic N) is 1. The molecule has 0 aromatic carbocycles. The fraction of sp³-hybridized carbons (Fsp3) is 1.00. The molecule has 90 valence electrons. The van der Waals surface area contributed by atoms with Gasteiger partial charge in [0.15, 0.2) is 0 Å². The average Bonchev–Trinajstić information content (AvgIpc) is 2.16. The van der Waals surface area contributed by atoms with E-state index < -0.39 is 21.7 Å². The topological polar surface area (TPSA) is 107 Å². The first-order chi connectivity index (χ1) is 6.91. The maximum absolute atomic E-state index is 10.5. The Labute approximate surface area is 88.0 Å². The first kappa shape index (κ1) is 12.8. The van der Waals surface area contributed by atoms with Crippen LogP contribution in [0.15, 0.2) is 0 Å². The molecule has 15 heavy (non-hydrogen) atoms. The lowest BCUT2D eigenvalue weighted by Gasteiger charge is -2.29. The summed E-state index contributed by atoms with van der Waals surface area (Å²) in [5, 5.41) is 18.4. The highest BCUT2D eigenvalue weighted by Crippen LogP contribution is 2.05. The number of hydrogen-bond donors (Lipinski definition) is 3. The van der Waals surface area contributed by atoms with E-state index in [4.69, 9.17) is 14.4 Å². The van der Waals surface area contributed by atoms with Crippen LogP contribution in [0.2, 0.25) is 0 Å². The summed E-state index contributed by atoms with van der Waals surface area (Å²) in [4.78, 5) is 1.75. The van der Waals surface area contributed by atoms with Crippen molar-refractivity contribution in [3.8, 4) is 0 Å². The third-order valence-electron chi connectivity index (χ3n) is 2.18. The van der Waals surface area contributed by atoms with Crippen LogP contribution in [-0.4, -0.2) is 72.5 Å². The molecule has 2 unspecified atom stereocenters. The third-order valence-corrected chi connectivity index (χ3v) is 3.11. The summed E-state index contributed by atoms with van der Waals surface area (Å²) in [6.45, 7) is 2.14. The van der Waals surface area contributed by atoms with E-state index in [1.807, 2.05) is 0 Å². The van der Waals surface area contributed by atoms with Crippen LogP contribution in [0.1, 0.15) is 0 Å². The van der Waals surface area contributed by atoms with Crippen LogP contribution in [0.25, 0.3) is 0 Å². The van der Waals surface area contributed by atoms with Crippen LogP contribution in [0, 0.1) is 0 Å². The van der Waals surface area contributed by atoms with Crippen molar-refractivity contribution in [2.75, 3.05) is 32.8 Å². The summed E-state index contributed by atoms with van der Waals surface area (Å²) in [5.74, 6) is 0. The van der Waals surface area contributed by atoms with Crippen LogP contribution in [0.5, 0.6) is 0 Å². The van der Waals surface area contributed by atoms with Gasteiger partial charge in [0.25, 0.3) is 10.1 Å². The second-order valence-electron chi connectivity index (χ2n) is 3.39. The standard InChI is InChI=1S/C7H15NO6S/c9-6(7(10)15(11,12)13)5-8-1-3-14-4-2-8/h6-7,9-10H,1-5H2,(H,11,12,13). The first-order valence-electron chi connectivity index (χ1n) is 4.54. The molecular formula is C7H15NO6S. The number of ether oxygens (including phenoxy) is 1. The average molecular weight is 241 g/mol. The molecule has 1 rings (SSSR count). The molecule has 0 aromatic heterocycles. The fourth-order valence-corrected chi connectivity index (χ4v) is 1.82. The van der Waals surface area contributed by atoms with Gasteiger partial charge in [-0.25, -0.2) is 0 Å². The lowest BCUT2D eigenvalue weighted by molar-refractivity contribution is -0.00837. The van der Waals surface area contributed by atoms with Crippen LogP contribution in [-0.2, 0) is 14.9 Å². The van der Waals surface area contributed by atoms with E-state index in [0.29, 0.717) is 26.3 Å². The van der Waals surface area contributed by atoms with Gasteiger partial charge >= 0.3 is 0 Å². The van der Waals surface area contributed by atoms with Gasteiger partial charge in [-0.05, 0) is 0 Å². The summed E-state index contributed by atoms with van der Waals surface area (Å²) in [5.41, 5.74) is -2.15. The molecule has 1 fully saturated rings. The van der Waals surface area contributed by atoms with Gasteiger partial charge in [0.2, 0.25) is 5.44 Å². The maximum Gasteiger partial charge on any atom is 0.294 e. The Hall–Kier alpha value is -0.250. The van der Waals surface area contributed by atoms with Gasteiger partial charge in [-0.3, -0.25) is 9.45 Å². The molecule has 0 amide bonds. The fourth-order valence-electron chi connectivity index (χ4n) is 1.34. The van der Waals surface area contributed by atoms with E-state index in [9.17, 15) is 13.5 Å². The largest absolute Gasteiger partial charge is 0.388 e. The van der Waals surface area contributed by atoms with Gasteiger partial charge in [-0.1, -0.05) is 0 Å². The number of β-amino-alcohol motifs (C(OH)–C–C–N with tert-alkyl or cyclic N) is 1. The zero-order valence-electron chi connectivity index (χ0n) is 8.11. The summed E-state index contributed by atoms with van der Waals surface area (Å²) in [7, 11) is -4.61. The Morgan fingerprint density at radius 3 is 2.27 bits per heavy atom. The Kier molecular flexibility index (Phi) is 4.44. The van der Waals surface area contributed by atoms with Crippen molar-refractivity contribution in [3.63, 3.8) is 0 Å². The molecule has 0 saturated carbocycles. The third kappa shape index (κ3) is 4.01. The van der Waals surface area contributed by atoms with Crippen molar-refractivity contribution >= 4 is 10.1 Å². The highest BCUT2D eigenvalue weighted by atomic mass is 32.2. The monoisotopic (exact) mass is 241 g/mol. The van der Waals surface area contributed by atoms with Crippen molar-refractivity contribution in [2.45, 2.75) is 11.5 Å². The first-order valence-corrected chi connectivity index (χ1v) is 6.04. The molecule has 0 spiro atoms.